The molecule has 1 aromatic carbocycles. The summed E-state index contributed by atoms with van der Waals surface area (Å²) in [7, 11) is -2.31. The number of methoxy groups -OCH3 is 1. The Morgan fingerprint density at radius 2 is 1.85 bits per heavy atom. The van der Waals surface area contributed by atoms with Crippen LogP contribution in [0, 0.1) is 13.8 Å². The van der Waals surface area contributed by atoms with Crippen LogP contribution in [0.1, 0.15) is 34.5 Å². The van der Waals surface area contributed by atoms with E-state index in [-0.39, 0.29) is 10.3 Å². The summed E-state index contributed by atoms with van der Waals surface area (Å²) in [5.74, 6) is 0. The highest BCUT2D eigenvalue weighted by Crippen LogP contribution is 2.26. The maximum atomic E-state index is 12.7. The molecule has 1 heterocycles. The molecular weight excluding hydrogens is 372 g/mol. The molecule has 26 heavy (non-hydrogen) atoms. The van der Waals surface area contributed by atoms with Gasteiger partial charge in [-0.3, -0.25) is 0 Å². The number of hydrogen-bond donors (Lipinski definition) is 2. The predicted octanol–water partition coefficient (Wildman–Crippen LogP) is 3.30. The van der Waals surface area contributed by atoms with Crippen molar-refractivity contribution in [3.05, 3.63) is 51.9 Å². The van der Waals surface area contributed by atoms with Crippen LogP contribution in [0.25, 0.3) is 0 Å². The summed E-state index contributed by atoms with van der Waals surface area (Å²) in [4.78, 5) is 11.9. The largest absolute Gasteiger partial charge is 0.453 e. The SMILES string of the molecule is COC(=O)NCCc1ccc(S(=O)(=O)NC(C)c2c(C)cccc2C)s1. The quantitative estimate of drug-likeness (QED) is 0.752. The van der Waals surface area contributed by atoms with Crippen molar-refractivity contribution in [3.8, 4) is 0 Å². The molecule has 2 aromatic rings. The lowest BCUT2D eigenvalue weighted by atomic mass is 9.98. The molecule has 1 aromatic heterocycles. The van der Waals surface area contributed by atoms with Gasteiger partial charge in [0.25, 0.3) is 10.0 Å². The van der Waals surface area contributed by atoms with Crippen LogP contribution in [0.5, 0.6) is 0 Å². The van der Waals surface area contributed by atoms with Gasteiger partial charge in [-0.1, -0.05) is 18.2 Å². The lowest BCUT2D eigenvalue weighted by molar-refractivity contribution is 0.171. The summed E-state index contributed by atoms with van der Waals surface area (Å²) in [6.45, 7) is 6.19. The summed E-state index contributed by atoms with van der Waals surface area (Å²) in [5.41, 5.74) is 3.11. The molecule has 1 unspecified atom stereocenters. The molecule has 0 spiro atoms. The number of ether oxygens (including phenoxy) is 1. The zero-order chi connectivity index (χ0) is 19.3. The normalized spacial score (nSPS) is 12.6. The molecule has 1 amide bonds. The number of amides is 1. The van der Waals surface area contributed by atoms with Crippen molar-refractivity contribution in [1.29, 1.82) is 0 Å². The Bertz CT molecular complexity index is 855. The molecule has 0 bridgehead atoms. The summed E-state index contributed by atoms with van der Waals surface area (Å²) in [6.07, 6.45) is 0.0420. The van der Waals surface area contributed by atoms with E-state index in [2.05, 4.69) is 14.8 Å². The van der Waals surface area contributed by atoms with Gasteiger partial charge in [-0.05, 0) is 56.0 Å². The zero-order valence-electron chi connectivity index (χ0n) is 15.3. The number of thiophene rings is 1. The van der Waals surface area contributed by atoms with Gasteiger partial charge in [0, 0.05) is 17.5 Å². The van der Waals surface area contributed by atoms with Gasteiger partial charge in [-0.2, -0.15) is 0 Å². The second-order valence-electron chi connectivity index (χ2n) is 6.04. The van der Waals surface area contributed by atoms with Crippen molar-refractivity contribution in [2.24, 2.45) is 0 Å². The molecule has 0 radical (unpaired) electrons. The van der Waals surface area contributed by atoms with Gasteiger partial charge in [-0.15, -0.1) is 11.3 Å². The first kappa shape index (κ1) is 20.4. The van der Waals surface area contributed by atoms with Crippen LogP contribution >= 0.6 is 11.3 Å². The van der Waals surface area contributed by atoms with E-state index < -0.39 is 16.1 Å². The van der Waals surface area contributed by atoms with Gasteiger partial charge in [0.2, 0.25) is 0 Å². The molecule has 0 aliphatic heterocycles. The zero-order valence-corrected chi connectivity index (χ0v) is 17.0. The molecule has 2 N–H and O–H groups in total. The number of nitrogens with one attached hydrogen (secondary N) is 2. The summed E-state index contributed by atoms with van der Waals surface area (Å²) in [5, 5.41) is 2.58. The van der Waals surface area contributed by atoms with Crippen LogP contribution in [-0.4, -0.2) is 28.2 Å². The Hall–Kier alpha value is -1.90. The number of alkyl carbamates (subject to hydrolysis) is 1. The molecule has 6 nitrogen and oxygen atoms in total. The lowest BCUT2D eigenvalue weighted by Crippen LogP contribution is -2.27. The second kappa shape index (κ2) is 8.66. The molecule has 0 aliphatic carbocycles. The van der Waals surface area contributed by atoms with Crippen molar-refractivity contribution in [3.63, 3.8) is 0 Å². The van der Waals surface area contributed by atoms with E-state index in [9.17, 15) is 13.2 Å². The number of aryl methyl sites for hydroxylation is 2. The first-order chi connectivity index (χ1) is 12.2. The fourth-order valence-corrected chi connectivity index (χ4v) is 5.44. The third-order valence-electron chi connectivity index (χ3n) is 4.04. The van der Waals surface area contributed by atoms with E-state index in [1.54, 1.807) is 12.1 Å². The Balaban J connectivity index is 2.07. The Labute approximate surface area is 158 Å². The van der Waals surface area contributed by atoms with Gasteiger partial charge in [0.15, 0.2) is 0 Å². The Morgan fingerprint density at radius 1 is 1.19 bits per heavy atom. The van der Waals surface area contributed by atoms with E-state index >= 15 is 0 Å². The highest BCUT2D eigenvalue weighted by atomic mass is 32.2. The third kappa shape index (κ3) is 5.06. The number of hydrogen-bond acceptors (Lipinski definition) is 5. The highest BCUT2D eigenvalue weighted by molar-refractivity contribution is 7.91. The van der Waals surface area contributed by atoms with E-state index in [4.69, 9.17) is 0 Å². The van der Waals surface area contributed by atoms with E-state index in [1.165, 1.54) is 18.4 Å². The van der Waals surface area contributed by atoms with E-state index in [0.717, 1.165) is 21.6 Å². The van der Waals surface area contributed by atoms with Crippen LogP contribution in [-0.2, 0) is 21.2 Å². The van der Waals surface area contributed by atoms with Crippen molar-refractivity contribution in [1.82, 2.24) is 10.0 Å². The monoisotopic (exact) mass is 396 g/mol. The Kier molecular flexibility index (Phi) is 6.80. The summed E-state index contributed by atoms with van der Waals surface area (Å²) >= 11 is 1.20. The molecule has 0 aliphatic rings. The fraction of sp³-hybridized carbons (Fsp3) is 0.389. The predicted molar refractivity (Wildman–Crippen MR) is 103 cm³/mol. The Morgan fingerprint density at radius 3 is 2.46 bits per heavy atom. The third-order valence-corrected chi connectivity index (χ3v) is 7.21. The second-order valence-corrected chi connectivity index (χ2v) is 9.15. The lowest BCUT2D eigenvalue weighted by Gasteiger charge is -2.18. The maximum Gasteiger partial charge on any atom is 0.406 e. The summed E-state index contributed by atoms with van der Waals surface area (Å²) in [6, 6.07) is 8.95. The van der Waals surface area contributed by atoms with Gasteiger partial charge < -0.3 is 10.1 Å². The molecule has 0 fully saturated rings. The average molecular weight is 397 g/mol. The standard InChI is InChI=1S/C18H24N2O4S2/c1-12-6-5-7-13(2)17(12)14(3)20-26(22,23)16-9-8-15(25-16)10-11-19-18(21)24-4/h5-9,14,20H,10-11H2,1-4H3,(H,19,21). The molecule has 8 heteroatoms. The number of carbonyl (C=O) groups is 1. The van der Waals surface area contributed by atoms with E-state index in [1.807, 2.05) is 39.0 Å². The molecule has 1 atom stereocenters. The van der Waals surface area contributed by atoms with E-state index in [0.29, 0.717) is 13.0 Å². The van der Waals surface area contributed by atoms with Crippen LogP contribution in [0.4, 0.5) is 4.79 Å². The molecular formula is C18H24N2O4S2. The number of carbonyl (C=O) groups excluding carboxylic acids is 1. The molecule has 0 saturated heterocycles. The van der Waals surface area contributed by atoms with Crippen LogP contribution in [0.3, 0.4) is 0 Å². The van der Waals surface area contributed by atoms with Gasteiger partial charge in [-0.25, -0.2) is 17.9 Å². The molecule has 142 valence electrons. The van der Waals surface area contributed by atoms with Gasteiger partial charge >= 0.3 is 6.09 Å². The number of benzene rings is 1. The fourth-order valence-electron chi connectivity index (χ4n) is 2.86. The van der Waals surface area contributed by atoms with Crippen molar-refractivity contribution in [2.75, 3.05) is 13.7 Å². The minimum atomic E-state index is -3.61. The van der Waals surface area contributed by atoms with Crippen molar-refractivity contribution < 1.29 is 17.9 Å². The summed E-state index contributed by atoms with van der Waals surface area (Å²) < 4.78 is 32.9. The number of sulfonamides is 1. The maximum absolute atomic E-state index is 12.7. The first-order valence-electron chi connectivity index (χ1n) is 8.23. The highest BCUT2D eigenvalue weighted by Gasteiger charge is 2.22. The minimum absolute atomic E-state index is 0.267. The minimum Gasteiger partial charge on any atom is -0.453 e. The van der Waals surface area contributed by atoms with Crippen LogP contribution in [0.15, 0.2) is 34.5 Å². The molecule has 0 saturated carbocycles. The number of rotatable bonds is 7. The average Bonchev–Trinajstić information content (AvgIpc) is 3.04. The van der Waals surface area contributed by atoms with Crippen LogP contribution in [0.2, 0.25) is 0 Å². The smallest absolute Gasteiger partial charge is 0.406 e. The molecule has 2 rings (SSSR count). The van der Waals surface area contributed by atoms with Crippen molar-refractivity contribution in [2.45, 2.75) is 37.4 Å². The van der Waals surface area contributed by atoms with Crippen molar-refractivity contribution >= 4 is 27.5 Å². The van der Waals surface area contributed by atoms with Crippen LogP contribution < -0.4 is 10.0 Å². The van der Waals surface area contributed by atoms with Gasteiger partial charge in [0.05, 0.1) is 7.11 Å². The first-order valence-corrected chi connectivity index (χ1v) is 10.5. The van der Waals surface area contributed by atoms with Gasteiger partial charge in [0.1, 0.15) is 4.21 Å². The topological polar surface area (TPSA) is 84.5 Å².